The molecule has 1 aromatic rings. The molecule has 0 fully saturated rings. The molecule has 13 heteroatoms. The number of carboxylic acid groups (broad SMARTS) is 1. The van der Waals surface area contributed by atoms with Gasteiger partial charge in [0.05, 0.1) is 12.5 Å². The van der Waals surface area contributed by atoms with E-state index in [-0.39, 0.29) is 30.9 Å². The number of hydrogen-bond donors (Lipinski definition) is 8. The standard InChI is InChI=1S/C25H40N6O7/c1-14(2)11-20(25(37)38)31-23(35)18(5-3-4-10-26)29-24(36)19(12-15-6-8-16(32)9-7-15)30-22(34)17(27)13-21(28)33/h6-9,14,17-20,32H,3-5,10-13,26-27H2,1-2H3,(H2,28,33)(H,29,36)(H,30,34)(H,31,35)(H,37,38). The van der Waals surface area contributed by atoms with Crippen LogP contribution in [0.25, 0.3) is 0 Å². The van der Waals surface area contributed by atoms with Crippen LogP contribution >= 0.6 is 0 Å². The molecule has 0 bridgehead atoms. The van der Waals surface area contributed by atoms with E-state index in [4.69, 9.17) is 17.2 Å². The monoisotopic (exact) mass is 536 g/mol. The Morgan fingerprint density at radius 2 is 1.42 bits per heavy atom. The van der Waals surface area contributed by atoms with Gasteiger partial charge in [-0.1, -0.05) is 26.0 Å². The lowest BCUT2D eigenvalue weighted by Crippen LogP contribution is -2.57. The summed E-state index contributed by atoms with van der Waals surface area (Å²) in [4.78, 5) is 61.7. The number of phenolic OH excluding ortho intramolecular Hbond substituents is 1. The van der Waals surface area contributed by atoms with Crippen molar-refractivity contribution in [3.05, 3.63) is 29.8 Å². The maximum absolute atomic E-state index is 13.3. The molecule has 11 N–H and O–H groups in total. The van der Waals surface area contributed by atoms with Crippen molar-refractivity contribution in [1.29, 1.82) is 0 Å². The number of unbranched alkanes of at least 4 members (excludes halogenated alkanes) is 1. The number of carbonyl (C=O) groups is 5. The van der Waals surface area contributed by atoms with E-state index in [0.717, 1.165) is 0 Å². The molecule has 0 aromatic heterocycles. The Morgan fingerprint density at radius 1 is 0.868 bits per heavy atom. The lowest BCUT2D eigenvalue weighted by atomic mass is 10.0. The lowest BCUT2D eigenvalue weighted by Gasteiger charge is -2.25. The highest BCUT2D eigenvalue weighted by Gasteiger charge is 2.30. The quantitative estimate of drug-likeness (QED) is 0.112. The molecule has 38 heavy (non-hydrogen) atoms. The summed E-state index contributed by atoms with van der Waals surface area (Å²) in [6, 6.07) is 1.20. The SMILES string of the molecule is CC(C)CC(NC(=O)C(CCCCN)NC(=O)C(Cc1ccc(O)cc1)NC(=O)C(N)CC(N)=O)C(=O)O. The van der Waals surface area contributed by atoms with Crippen LogP contribution in [0, 0.1) is 5.92 Å². The summed E-state index contributed by atoms with van der Waals surface area (Å²) in [5.74, 6) is -4.18. The number of carboxylic acids is 1. The van der Waals surface area contributed by atoms with Crippen LogP contribution in [0.3, 0.4) is 0 Å². The van der Waals surface area contributed by atoms with Crippen LogP contribution in [-0.4, -0.2) is 70.5 Å². The van der Waals surface area contributed by atoms with Gasteiger partial charge >= 0.3 is 5.97 Å². The average Bonchev–Trinajstić information content (AvgIpc) is 2.82. The van der Waals surface area contributed by atoms with Crippen LogP contribution in [0.15, 0.2) is 24.3 Å². The summed E-state index contributed by atoms with van der Waals surface area (Å²) in [7, 11) is 0. The first-order chi connectivity index (χ1) is 17.8. The van der Waals surface area contributed by atoms with Gasteiger partial charge in [-0.05, 0) is 55.8 Å². The summed E-state index contributed by atoms with van der Waals surface area (Å²) in [6.45, 7) is 4.01. The summed E-state index contributed by atoms with van der Waals surface area (Å²) in [5, 5.41) is 26.6. The van der Waals surface area contributed by atoms with Gasteiger partial charge in [0.15, 0.2) is 0 Å². The minimum Gasteiger partial charge on any atom is -0.508 e. The van der Waals surface area contributed by atoms with Crippen LogP contribution in [-0.2, 0) is 30.4 Å². The highest BCUT2D eigenvalue weighted by atomic mass is 16.4. The van der Waals surface area contributed by atoms with Gasteiger partial charge in [0.25, 0.3) is 0 Å². The molecule has 0 aliphatic rings. The van der Waals surface area contributed by atoms with Gasteiger partial charge in [-0.3, -0.25) is 19.2 Å². The van der Waals surface area contributed by atoms with Crippen LogP contribution in [0.4, 0.5) is 0 Å². The van der Waals surface area contributed by atoms with Gasteiger partial charge < -0.3 is 43.4 Å². The topological polar surface area (TPSA) is 240 Å². The minimum atomic E-state index is -1.29. The summed E-state index contributed by atoms with van der Waals surface area (Å²) in [6.07, 6.45) is 0.976. The fraction of sp³-hybridized carbons (Fsp3) is 0.560. The molecule has 0 aliphatic heterocycles. The molecular formula is C25H40N6O7. The average molecular weight is 537 g/mol. The normalized spacial score (nSPS) is 14.1. The summed E-state index contributed by atoms with van der Waals surface area (Å²) in [5.41, 5.74) is 17.0. The zero-order chi connectivity index (χ0) is 28.8. The van der Waals surface area contributed by atoms with Gasteiger partial charge in [-0.25, -0.2) is 4.79 Å². The van der Waals surface area contributed by atoms with Gasteiger partial charge in [0.2, 0.25) is 23.6 Å². The maximum Gasteiger partial charge on any atom is 0.326 e. The number of nitrogens with one attached hydrogen (secondary N) is 3. The number of phenols is 1. The molecule has 212 valence electrons. The van der Waals surface area contributed by atoms with E-state index in [1.54, 1.807) is 12.1 Å². The summed E-state index contributed by atoms with van der Waals surface area (Å²) >= 11 is 0. The Morgan fingerprint density at radius 3 is 1.95 bits per heavy atom. The lowest BCUT2D eigenvalue weighted by molar-refractivity contribution is -0.142. The minimum absolute atomic E-state index is 0.00352. The zero-order valence-corrected chi connectivity index (χ0v) is 21.8. The van der Waals surface area contributed by atoms with E-state index in [1.807, 2.05) is 13.8 Å². The van der Waals surface area contributed by atoms with Crippen molar-refractivity contribution in [2.45, 2.75) is 76.5 Å². The van der Waals surface area contributed by atoms with Crippen molar-refractivity contribution in [3.63, 3.8) is 0 Å². The predicted octanol–water partition coefficient (Wildman–Crippen LogP) is -1.15. The number of carbonyl (C=O) groups excluding carboxylic acids is 4. The zero-order valence-electron chi connectivity index (χ0n) is 21.8. The van der Waals surface area contributed by atoms with E-state index < -0.39 is 60.2 Å². The van der Waals surface area contributed by atoms with Crippen molar-refractivity contribution in [3.8, 4) is 5.75 Å². The second-order valence-corrected chi connectivity index (χ2v) is 9.58. The Hall–Kier alpha value is -3.71. The molecule has 13 nitrogen and oxygen atoms in total. The number of nitrogens with two attached hydrogens (primary N) is 3. The van der Waals surface area contributed by atoms with Crippen LogP contribution < -0.4 is 33.2 Å². The highest BCUT2D eigenvalue weighted by Crippen LogP contribution is 2.13. The molecule has 4 unspecified atom stereocenters. The second-order valence-electron chi connectivity index (χ2n) is 9.58. The van der Waals surface area contributed by atoms with Crippen molar-refractivity contribution in [2.75, 3.05) is 6.54 Å². The van der Waals surface area contributed by atoms with Crippen molar-refractivity contribution in [1.82, 2.24) is 16.0 Å². The number of hydrogen-bond acceptors (Lipinski definition) is 8. The maximum atomic E-state index is 13.3. The van der Waals surface area contributed by atoms with Gasteiger partial charge in [0, 0.05) is 6.42 Å². The Balaban J connectivity index is 3.14. The van der Waals surface area contributed by atoms with Gasteiger partial charge in [-0.2, -0.15) is 0 Å². The number of amides is 4. The number of aromatic hydroxyl groups is 1. The molecule has 1 rings (SSSR count). The molecular weight excluding hydrogens is 496 g/mol. The fourth-order valence-electron chi connectivity index (χ4n) is 3.66. The van der Waals surface area contributed by atoms with Crippen molar-refractivity contribution < 1.29 is 34.2 Å². The smallest absolute Gasteiger partial charge is 0.326 e. The molecule has 4 atom stereocenters. The van der Waals surface area contributed by atoms with Crippen molar-refractivity contribution >= 4 is 29.6 Å². The van der Waals surface area contributed by atoms with E-state index in [9.17, 15) is 34.2 Å². The van der Waals surface area contributed by atoms with Crippen molar-refractivity contribution in [2.24, 2.45) is 23.1 Å². The molecule has 0 spiro atoms. The third kappa shape index (κ3) is 12.0. The number of benzene rings is 1. The first-order valence-corrected chi connectivity index (χ1v) is 12.5. The first kappa shape index (κ1) is 32.3. The van der Waals surface area contributed by atoms with E-state index in [0.29, 0.717) is 24.9 Å². The summed E-state index contributed by atoms with van der Waals surface area (Å²) < 4.78 is 0. The van der Waals surface area contributed by atoms with E-state index in [2.05, 4.69) is 16.0 Å². The molecule has 0 saturated carbocycles. The Bertz CT molecular complexity index is 954. The third-order valence-electron chi connectivity index (χ3n) is 5.67. The Labute approximate surface area is 221 Å². The molecule has 0 saturated heterocycles. The first-order valence-electron chi connectivity index (χ1n) is 12.5. The fourth-order valence-corrected chi connectivity index (χ4v) is 3.66. The van der Waals surface area contributed by atoms with E-state index >= 15 is 0 Å². The molecule has 1 aromatic carbocycles. The molecule has 0 aliphatic carbocycles. The van der Waals surface area contributed by atoms with Gasteiger partial charge in [0.1, 0.15) is 23.9 Å². The largest absolute Gasteiger partial charge is 0.508 e. The Kier molecular flexibility index (Phi) is 13.8. The number of rotatable bonds is 17. The predicted molar refractivity (Wildman–Crippen MR) is 139 cm³/mol. The third-order valence-corrected chi connectivity index (χ3v) is 5.67. The molecule has 0 heterocycles. The van der Waals surface area contributed by atoms with Crippen LogP contribution in [0.5, 0.6) is 5.75 Å². The van der Waals surface area contributed by atoms with E-state index in [1.165, 1.54) is 12.1 Å². The molecule has 0 radical (unpaired) electrons. The highest BCUT2D eigenvalue weighted by molar-refractivity contribution is 5.95. The van der Waals surface area contributed by atoms with Crippen LogP contribution in [0.1, 0.15) is 51.5 Å². The molecule has 4 amide bonds. The number of aliphatic carboxylic acids is 1. The van der Waals surface area contributed by atoms with Crippen LogP contribution in [0.2, 0.25) is 0 Å². The second kappa shape index (κ2) is 16.2. The number of primary amides is 1. The van der Waals surface area contributed by atoms with Gasteiger partial charge in [-0.15, -0.1) is 0 Å².